The second-order valence-electron chi connectivity index (χ2n) is 4.34. The van der Waals surface area contributed by atoms with Gasteiger partial charge in [0.05, 0.1) is 0 Å². The summed E-state index contributed by atoms with van der Waals surface area (Å²) in [6, 6.07) is 16.8. The Hall–Kier alpha value is -1.19. The summed E-state index contributed by atoms with van der Waals surface area (Å²) in [7, 11) is 0. The molecule has 0 fully saturated rings. The summed E-state index contributed by atoms with van der Waals surface area (Å²) in [5.74, 6) is -2.62. The Kier molecular flexibility index (Phi) is 15.5. The van der Waals surface area contributed by atoms with E-state index in [0.717, 1.165) is 0 Å². The molecule has 0 atom stereocenters. The van der Waals surface area contributed by atoms with Crippen molar-refractivity contribution in [2.75, 3.05) is 0 Å². The molecule has 0 heterocycles. The molecule has 0 bridgehead atoms. The minimum atomic E-state index is -0.437. The number of para-hydroxylation sites is 6. The Labute approximate surface area is 208 Å². The number of hydrogen-bond acceptors (Lipinski definition) is 6. The summed E-state index contributed by atoms with van der Waals surface area (Å²) in [5, 5.41) is 61.8. The molecule has 0 aromatic heterocycles. The van der Waals surface area contributed by atoms with Gasteiger partial charge in [-0.2, -0.15) is 0 Å². The molecule has 0 unspecified atom stereocenters. The first-order chi connectivity index (χ1) is 11.4. The van der Waals surface area contributed by atoms with Crippen LogP contribution in [-0.4, -0.2) is 0 Å². The average Bonchev–Trinajstić information content (AvgIpc) is 2.57. The SMILES string of the molecule is [K+].[O-]c1ccccc1[O-].[O-]c1ccccc1[O-].[O-]c1ccccc1[O-].[Ti+4]. The van der Waals surface area contributed by atoms with Gasteiger partial charge in [0.2, 0.25) is 0 Å². The molecule has 0 saturated carbocycles. The van der Waals surface area contributed by atoms with Crippen molar-refractivity contribution in [3.05, 3.63) is 72.8 Å². The summed E-state index contributed by atoms with van der Waals surface area (Å²) in [6.07, 6.45) is 0. The maximum Gasteiger partial charge on any atom is 4.00 e. The van der Waals surface area contributed by atoms with Crippen LogP contribution in [0.5, 0.6) is 34.5 Å². The van der Waals surface area contributed by atoms with Crippen molar-refractivity contribution >= 4 is 0 Å². The van der Waals surface area contributed by atoms with Gasteiger partial charge in [0.1, 0.15) is 0 Å². The van der Waals surface area contributed by atoms with Crippen molar-refractivity contribution < 1.29 is 104 Å². The van der Waals surface area contributed by atoms with Gasteiger partial charge in [-0.3, -0.25) is 0 Å². The Morgan fingerprint density at radius 1 is 0.346 bits per heavy atom. The van der Waals surface area contributed by atoms with E-state index in [0.29, 0.717) is 0 Å². The molecule has 0 amide bonds. The Bertz CT molecular complexity index is 604. The van der Waals surface area contributed by atoms with E-state index >= 15 is 0 Å². The monoisotopic (exact) mass is 411 g/mol. The standard InChI is InChI=1S/3C6H6O2.K.Ti/c3*7-5-3-1-2-4-6(5)8;;/h3*1-4,7-8H;;/q;;;+1;+4/p-6. The van der Waals surface area contributed by atoms with Crippen LogP contribution in [0.4, 0.5) is 0 Å². The van der Waals surface area contributed by atoms with E-state index in [1.807, 2.05) is 0 Å². The van der Waals surface area contributed by atoms with E-state index in [1.54, 1.807) is 36.4 Å². The van der Waals surface area contributed by atoms with Gasteiger partial charge in [0, 0.05) is 0 Å². The molecule has 26 heavy (non-hydrogen) atoms. The third kappa shape index (κ3) is 10.7. The third-order valence-electron chi connectivity index (χ3n) is 2.55. The quantitative estimate of drug-likeness (QED) is 0.352. The van der Waals surface area contributed by atoms with Crippen LogP contribution in [-0.2, 0) is 21.7 Å². The molecule has 0 aliphatic rings. The Morgan fingerprint density at radius 2 is 0.462 bits per heavy atom. The van der Waals surface area contributed by atoms with Gasteiger partial charge in [0.25, 0.3) is 0 Å². The van der Waals surface area contributed by atoms with Crippen molar-refractivity contribution in [1.82, 2.24) is 0 Å². The van der Waals surface area contributed by atoms with E-state index < -0.39 is 34.5 Å². The minimum Gasteiger partial charge on any atom is -0.873 e. The Morgan fingerprint density at radius 3 is 0.538 bits per heavy atom. The van der Waals surface area contributed by atoms with Gasteiger partial charge >= 0.3 is 73.1 Å². The molecule has 8 heteroatoms. The van der Waals surface area contributed by atoms with E-state index in [2.05, 4.69) is 0 Å². The molecule has 3 rings (SSSR count). The fraction of sp³-hybridized carbons (Fsp3) is 0. The van der Waals surface area contributed by atoms with Crippen LogP contribution in [0.1, 0.15) is 0 Å². The molecule has 0 N–H and O–H groups in total. The zero-order valence-electron chi connectivity index (χ0n) is 13.9. The van der Waals surface area contributed by atoms with E-state index in [1.165, 1.54) is 36.4 Å². The number of rotatable bonds is 0. The smallest absolute Gasteiger partial charge is 0.873 e. The molecule has 126 valence electrons. The molecule has 0 radical (unpaired) electrons. The molecule has 0 spiro atoms. The van der Waals surface area contributed by atoms with Gasteiger partial charge in [0.15, 0.2) is 0 Å². The second-order valence-corrected chi connectivity index (χ2v) is 4.34. The van der Waals surface area contributed by atoms with Crippen LogP contribution >= 0.6 is 0 Å². The van der Waals surface area contributed by atoms with Crippen molar-refractivity contribution in [2.45, 2.75) is 0 Å². The summed E-state index contributed by atoms with van der Waals surface area (Å²) in [5.41, 5.74) is 0. The molecular weight excluding hydrogens is 399 g/mol. The van der Waals surface area contributed by atoms with Gasteiger partial charge in [-0.15, -0.1) is 34.5 Å². The van der Waals surface area contributed by atoms with Crippen LogP contribution in [0, 0.1) is 0 Å². The van der Waals surface area contributed by atoms with Crippen LogP contribution in [0.25, 0.3) is 0 Å². The fourth-order valence-electron chi connectivity index (χ4n) is 1.35. The average molecular weight is 411 g/mol. The van der Waals surface area contributed by atoms with Crippen LogP contribution < -0.4 is 82.0 Å². The predicted octanol–water partition coefficient (Wildman–Crippen LogP) is -3.50. The van der Waals surface area contributed by atoms with Gasteiger partial charge in [-0.05, 0) is 0 Å². The molecule has 0 saturated heterocycles. The van der Waals surface area contributed by atoms with Crippen LogP contribution in [0.2, 0.25) is 0 Å². The molecule has 3 aromatic carbocycles. The number of benzene rings is 3. The molecular formula is C18H12KO6Ti-. The first-order valence-corrected chi connectivity index (χ1v) is 6.71. The van der Waals surface area contributed by atoms with Crippen molar-refractivity contribution in [2.24, 2.45) is 0 Å². The van der Waals surface area contributed by atoms with Crippen molar-refractivity contribution in [3.8, 4) is 34.5 Å². The van der Waals surface area contributed by atoms with Crippen molar-refractivity contribution in [1.29, 1.82) is 0 Å². The normalized spacial score (nSPS) is 8.31. The van der Waals surface area contributed by atoms with Crippen LogP contribution in [0.15, 0.2) is 72.8 Å². The Balaban J connectivity index is 0. The van der Waals surface area contributed by atoms with E-state index in [4.69, 9.17) is 0 Å². The van der Waals surface area contributed by atoms with Gasteiger partial charge in [-0.1, -0.05) is 72.8 Å². The molecule has 0 aliphatic carbocycles. The minimum absolute atomic E-state index is 0. The maximum atomic E-state index is 10.3. The van der Waals surface area contributed by atoms with E-state index in [9.17, 15) is 30.6 Å². The second kappa shape index (κ2) is 14.9. The number of hydrogen-bond donors (Lipinski definition) is 0. The molecule has 3 aromatic rings. The van der Waals surface area contributed by atoms with Gasteiger partial charge in [-0.25, -0.2) is 0 Å². The van der Waals surface area contributed by atoms with E-state index in [-0.39, 0.29) is 73.1 Å². The zero-order chi connectivity index (χ0) is 17.9. The first-order valence-electron chi connectivity index (χ1n) is 6.71. The molecule has 6 nitrogen and oxygen atoms in total. The molecule has 0 aliphatic heterocycles. The summed E-state index contributed by atoms with van der Waals surface area (Å²) in [6.45, 7) is 0. The fourth-order valence-corrected chi connectivity index (χ4v) is 1.35. The summed E-state index contributed by atoms with van der Waals surface area (Å²) >= 11 is 0. The summed E-state index contributed by atoms with van der Waals surface area (Å²) in [4.78, 5) is 0. The summed E-state index contributed by atoms with van der Waals surface area (Å²) < 4.78 is 0. The third-order valence-corrected chi connectivity index (χ3v) is 2.55. The maximum absolute atomic E-state index is 10.3. The van der Waals surface area contributed by atoms with Crippen LogP contribution in [0.3, 0.4) is 0 Å². The van der Waals surface area contributed by atoms with Gasteiger partial charge < -0.3 is 30.6 Å². The first kappa shape index (κ1) is 27.0. The zero-order valence-corrected chi connectivity index (χ0v) is 18.6. The largest absolute Gasteiger partial charge is 4.00 e. The predicted molar refractivity (Wildman–Crippen MR) is 76.0 cm³/mol. The topological polar surface area (TPSA) is 138 Å². The van der Waals surface area contributed by atoms with Crippen molar-refractivity contribution in [3.63, 3.8) is 0 Å².